The average molecular weight is 439 g/mol. The number of aromatic nitrogens is 3. The molecule has 2 amide bonds. The van der Waals surface area contributed by atoms with Crippen molar-refractivity contribution in [2.75, 3.05) is 33.2 Å². The first-order chi connectivity index (χ1) is 14.8. The molecule has 1 aliphatic heterocycles. The fourth-order valence-corrected chi connectivity index (χ4v) is 3.93. The van der Waals surface area contributed by atoms with Crippen LogP contribution in [0.3, 0.4) is 0 Å². The van der Waals surface area contributed by atoms with E-state index >= 15 is 0 Å². The van der Waals surface area contributed by atoms with Gasteiger partial charge >= 0.3 is 0 Å². The van der Waals surface area contributed by atoms with Gasteiger partial charge in [0, 0.05) is 45.4 Å². The maximum atomic E-state index is 12.8. The average Bonchev–Trinajstić information content (AvgIpc) is 3.28. The van der Waals surface area contributed by atoms with Gasteiger partial charge in [-0.1, -0.05) is 0 Å². The molecule has 1 aliphatic carbocycles. The third kappa shape index (κ3) is 8.62. The molecule has 1 saturated heterocycles. The number of amides is 2. The van der Waals surface area contributed by atoms with E-state index in [4.69, 9.17) is 9.90 Å². The largest absolute Gasteiger partial charge is 0.481 e. The Balaban J connectivity index is 0.000000785. The minimum atomic E-state index is -0.833. The number of likely N-dealkylation sites (N-methyl/N-ethyl adjacent to an activating group) is 1. The van der Waals surface area contributed by atoms with E-state index < -0.39 is 12.1 Å². The van der Waals surface area contributed by atoms with Crippen LogP contribution in [0.5, 0.6) is 0 Å². The Bertz CT molecular complexity index is 709. The third-order valence-electron chi connectivity index (χ3n) is 5.51. The minimum absolute atomic E-state index is 0.0938. The first kappa shape index (κ1) is 24.7. The molecule has 1 aromatic rings. The fourth-order valence-electron chi connectivity index (χ4n) is 3.93. The molecule has 0 unspecified atom stereocenters. The van der Waals surface area contributed by atoms with E-state index in [0.29, 0.717) is 32.2 Å². The van der Waals surface area contributed by atoms with E-state index in [1.54, 1.807) is 11.0 Å². The molecule has 174 valence electrons. The number of carboxylic acid groups (broad SMARTS) is 1. The van der Waals surface area contributed by atoms with Crippen LogP contribution in [-0.4, -0.2) is 97.9 Å². The summed E-state index contributed by atoms with van der Waals surface area (Å²) >= 11 is 0. The van der Waals surface area contributed by atoms with Crippen molar-refractivity contribution in [2.24, 2.45) is 5.92 Å². The number of aliphatic hydroxyl groups is 1. The molecule has 3 N–H and O–H groups in total. The molecule has 3 rings (SSSR count). The number of nitrogens with zero attached hydrogens (tertiary/aromatic N) is 5. The second-order valence-corrected chi connectivity index (χ2v) is 8.17. The summed E-state index contributed by atoms with van der Waals surface area (Å²) in [4.78, 5) is 42.0. The summed E-state index contributed by atoms with van der Waals surface area (Å²) in [5.74, 6) is -1.01. The zero-order valence-corrected chi connectivity index (χ0v) is 18.3. The Morgan fingerprint density at radius 1 is 1.16 bits per heavy atom. The number of rotatable bonds is 6. The van der Waals surface area contributed by atoms with Gasteiger partial charge < -0.3 is 25.3 Å². The number of hydrogen-bond acceptors (Lipinski definition) is 7. The van der Waals surface area contributed by atoms with Gasteiger partial charge in [0.25, 0.3) is 5.97 Å². The second-order valence-electron chi connectivity index (χ2n) is 8.17. The van der Waals surface area contributed by atoms with Gasteiger partial charge in [-0.05, 0) is 39.3 Å². The summed E-state index contributed by atoms with van der Waals surface area (Å²) in [5, 5.41) is 24.6. The predicted octanol–water partition coefficient (Wildman–Crippen LogP) is -0.431. The first-order valence-electron chi connectivity index (χ1n) is 10.7. The fraction of sp³-hybridized carbons (Fsp3) is 0.750. The van der Waals surface area contributed by atoms with Crippen LogP contribution in [-0.2, 0) is 20.9 Å². The Kier molecular flexibility index (Phi) is 9.86. The van der Waals surface area contributed by atoms with Crippen molar-refractivity contribution in [3.8, 4) is 0 Å². The Labute approximate surface area is 182 Å². The van der Waals surface area contributed by atoms with Crippen molar-refractivity contribution in [1.82, 2.24) is 29.9 Å². The normalized spacial score (nSPS) is 24.1. The summed E-state index contributed by atoms with van der Waals surface area (Å²) in [6, 6.07) is -0.340. The van der Waals surface area contributed by atoms with E-state index in [2.05, 4.69) is 27.3 Å². The summed E-state index contributed by atoms with van der Waals surface area (Å²) in [5.41, 5.74) is 0. The quantitative estimate of drug-likeness (QED) is 0.543. The van der Waals surface area contributed by atoms with E-state index in [9.17, 15) is 14.7 Å². The van der Waals surface area contributed by atoms with Gasteiger partial charge in [-0.15, -0.1) is 0 Å². The van der Waals surface area contributed by atoms with Gasteiger partial charge in [-0.25, -0.2) is 4.98 Å². The molecule has 1 aromatic heterocycles. The van der Waals surface area contributed by atoms with Gasteiger partial charge in [0.05, 0.1) is 12.1 Å². The van der Waals surface area contributed by atoms with Crippen LogP contribution < -0.4 is 5.32 Å². The highest BCUT2D eigenvalue weighted by atomic mass is 16.4. The predicted molar refractivity (Wildman–Crippen MR) is 112 cm³/mol. The van der Waals surface area contributed by atoms with Gasteiger partial charge in [0.15, 0.2) is 0 Å². The maximum absolute atomic E-state index is 12.8. The van der Waals surface area contributed by atoms with Gasteiger partial charge in [0.1, 0.15) is 12.7 Å². The zero-order chi connectivity index (χ0) is 22.8. The zero-order valence-electron chi connectivity index (χ0n) is 18.3. The van der Waals surface area contributed by atoms with Crippen LogP contribution in [0.4, 0.5) is 0 Å². The van der Waals surface area contributed by atoms with Gasteiger partial charge in [0.2, 0.25) is 11.8 Å². The number of carboxylic acids is 1. The van der Waals surface area contributed by atoms with Crippen molar-refractivity contribution >= 4 is 17.8 Å². The molecular weight excluding hydrogens is 404 g/mol. The molecule has 0 spiro atoms. The van der Waals surface area contributed by atoms with Crippen LogP contribution in [0.25, 0.3) is 0 Å². The van der Waals surface area contributed by atoms with Crippen LogP contribution in [0, 0.1) is 5.92 Å². The van der Waals surface area contributed by atoms with E-state index in [1.807, 2.05) is 4.90 Å². The standard InChI is InChI=1S/C18H30N6O3.C2H4O2/c1-22-5-3-6-23(9-8-22)18(27)14-10-15(16(25)11-14)21-17(26)4-2-7-24-13-19-12-20-24;1-2(3)4/h12-16,25H,2-11H2,1H3,(H,21,26);1H3,(H,3,4)/t14-,15+,16+;/m0./s1. The number of aryl methyl sites for hydroxylation is 1. The SMILES string of the molecule is CC(=O)O.CN1CCCN(C(=O)[C@@H]2C[C@@H](O)[C@H](NC(=O)CCCn3cncn3)C2)CC1. The molecule has 31 heavy (non-hydrogen) atoms. The Morgan fingerprint density at radius 2 is 1.90 bits per heavy atom. The van der Waals surface area contributed by atoms with E-state index in [1.165, 1.54) is 6.33 Å². The lowest BCUT2D eigenvalue weighted by atomic mass is 10.1. The van der Waals surface area contributed by atoms with Crippen LogP contribution in [0.1, 0.15) is 39.0 Å². The van der Waals surface area contributed by atoms with Crippen molar-refractivity contribution in [1.29, 1.82) is 0 Å². The lowest BCUT2D eigenvalue weighted by Crippen LogP contribution is -2.40. The highest BCUT2D eigenvalue weighted by molar-refractivity contribution is 5.80. The van der Waals surface area contributed by atoms with E-state index in [-0.39, 0.29) is 23.8 Å². The molecule has 11 heteroatoms. The van der Waals surface area contributed by atoms with Gasteiger partial charge in [-0.2, -0.15) is 5.10 Å². The highest BCUT2D eigenvalue weighted by Crippen LogP contribution is 2.28. The molecule has 3 atom stereocenters. The minimum Gasteiger partial charge on any atom is -0.481 e. The maximum Gasteiger partial charge on any atom is 0.300 e. The molecule has 0 aromatic carbocycles. The van der Waals surface area contributed by atoms with Crippen molar-refractivity contribution < 1.29 is 24.6 Å². The molecule has 0 radical (unpaired) electrons. The molecule has 2 fully saturated rings. The number of aliphatic hydroxyl groups excluding tert-OH is 1. The molecule has 2 heterocycles. The molecule has 11 nitrogen and oxygen atoms in total. The monoisotopic (exact) mass is 438 g/mol. The first-order valence-corrected chi connectivity index (χ1v) is 10.7. The number of carbonyl (C=O) groups is 3. The molecule has 1 saturated carbocycles. The smallest absolute Gasteiger partial charge is 0.300 e. The van der Waals surface area contributed by atoms with Crippen molar-refractivity contribution in [3.63, 3.8) is 0 Å². The highest BCUT2D eigenvalue weighted by Gasteiger charge is 2.39. The summed E-state index contributed by atoms with van der Waals surface area (Å²) in [6.45, 7) is 5.11. The second kappa shape index (κ2) is 12.4. The third-order valence-corrected chi connectivity index (χ3v) is 5.51. The molecule has 2 aliphatic rings. The number of nitrogens with one attached hydrogen (secondary N) is 1. The Morgan fingerprint density at radius 3 is 2.58 bits per heavy atom. The van der Waals surface area contributed by atoms with Gasteiger partial charge in [-0.3, -0.25) is 19.1 Å². The number of carbonyl (C=O) groups excluding carboxylic acids is 2. The molecular formula is C20H34N6O5. The van der Waals surface area contributed by atoms with Crippen LogP contribution >= 0.6 is 0 Å². The van der Waals surface area contributed by atoms with Crippen LogP contribution in [0.2, 0.25) is 0 Å². The van der Waals surface area contributed by atoms with Crippen molar-refractivity contribution in [3.05, 3.63) is 12.7 Å². The lowest BCUT2D eigenvalue weighted by molar-refractivity contribution is -0.136. The topological polar surface area (TPSA) is 141 Å². The molecule has 0 bridgehead atoms. The van der Waals surface area contributed by atoms with Crippen molar-refractivity contribution in [2.45, 2.75) is 57.7 Å². The summed E-state index contributed by atoms with van der Waals surface area (Å²) in [6.07, 6.45) is 5.36. The number of aliphatic carboxylic acids is 1. The van der Waals surface area contributed by atoms with Crippen LogP contribution in [0.15, 0.2) is 12.7 Å². The van der Waals surface area contributed by atoms with E-state index in [0.717, 1.165) is 39.5 Å². The summed E-state index contributed by atoms with van der Waals surface area (Å²) in [7, 11) is 2.07. The summed E-state index contributed by atoms with van der Waals surface area (Å²) < 4.78 is 1.69. The Hall–Kier alpha value is -2.53. The number of hydrogen-bond donors (Lipinski definition) is 3. The lowest BCUT2D eigenvalue weighted by Gasteiger charge is -2.24.